The van der Waals surface area contributed by atoms with Crippen molar-refractivity contribution in [2.24, 2.45) is 0 Å². The summed E-state index contributed by atoms with van der Waals surface area (Å²) in [6.45, 7) is 10.6. The van der Waals surface area contributed by atoms with E-state index in [2.05, 4.69) is 5.32 Å². The van der Waals surface area contributed by atoms with Crippen LogP contribution >= 0.6 is 0 Å². The third-order valence-corrected chi connectivity index (χ3v) is 3.03. The maximum absolute atomic E-state index is 11.9. The molecule has 0 saturated heterocycles. The van der Waals surface area contributed by atoms with Crippen LogP contribution in [0, 0.1) is 0 Å². The van der Waals surface area contributed by atoms with Gasteiger partial charge in [-0.05, 0) is 47.0 Å². The molecule has 0 saturated carbocycles. The number of hydrogen-bond donors (Lipinski definition) is 1. The molecule has 0 heterocycles. The third kappa shape index (κ3) is 8.51. The van der Waals surface area contributed by atoms with Crippen molar-refractivity contribution >= 4 is 5.97 Å². The van der Waals surface area contributed by atoms with Gasteiger partial charge in [0.25, 0.3) is 0 Å². The fourth-order valence-corrected chi connectivity index (χ4v) is 2.14. The molecule has 0 aromatic rings. The van der Waals surface area contributed by atoms with Gasteiger partial charge in [0.05, 0.1) is 20.3 Å². The number of ether oxygens (including phenoxy) is 3. The minimum absolute atomic E-state index is 0.205. The normalized spacial score (nSPS) is 14.3. The number of methoxy groups -OCH3 is 1. The fourth-order valence-electron chi connectivity index (χ4n) is 2.14. The molecule has 0 rings (SSSR count). The lowest BCUT2D eigenvalue weighted by atomic mass is 9.94. The number of unbranched alkanes of at least 4 members (excludes halogenated alkanes) is 1. The van der Waals surface area contributed by atoms with Crippen LogP contribution in [-0.2, 0) is 19.0 Å². The van der Waals surface area contributed by atoms with E-state index in [0.29, 0.717) is 19.8 Å². The minimum Gasteiger partial charge on any atom is -0.468 e. The summed E-state index contributed by atoms with van der Waals surface area (Å²) in [4.78, 5) is 11.9. The van der Waals surface area contributed by atoms with Crippen molar-refractivity contribution in [3.63, 3.8) is 0 Å². The molecule has 120 valence electrons. The van der Waals surface area contributed by atoms with Crippen molar-refractivity contribution in [3.05, 3.63) is 0 Å². The molecule has 0 fully saturated rings. The molecule has 0 bridgehead atoms. The lowest BCUT2D eigenvalue weighted by Crippen LogP contribution is -2.52. The maximum Gasteiger partial charge on any atom is 0.325 e. The zero-order chi connectivity index (χ0) is 15.4. The molecule has 1 N–H and O–H groups in total. The van der Waals surface area contributed by atoms with Gasteiger partial charge in [-0.1, -0.05) is 0 Å². The average molecular weight is 289 g/mol. The summed E-state index contributed by atoms with van der Waals surface area (Å²) in [5.74, 6) is -0.205. The molecule has 0 spiro atoms. The first-order valence-corrected chi connectivity index (χ1v) is 7.48. The van der Waals surface area contributed by atoms with Gasteiger partial charge < -0.3 is 14.2 Å². The Kier molecular flexibility index (Phi) is 10.7. The summed E-state index contributed by atoms with van der Waals surface area (Å²) in [7, 11) is 1.43. The van der Waals surface area contributed by atoms with Crippen LogP contribution in [0.3, 0.4) is 0 Å². The van der Waals surface area contributed by atoms with Gasteiger partial charge >= 0.3 is 5.97 Å². The van der Waals surface area contributed by atoms with Gasteiger partial charge in [0.2, 0.25) is 0 Å². The Labute approximate surface area is 123 Å². The summed E-state index contributed by atoms with van der Waals surface area (Å²) < 4.78 is 15.5. The van der Waals surface area contributed by atoms with E-state index in [9.17, 15) is 4.79 Å². The molecule has 0 aliphatic carbocycles. The maximum atomic E-state index is 11.9. The molecular weight excluding hydrogens is 258 g/mol. The summed E-state index contributed by atoms with van der Waals surface area (Å²) in [5, 5.41) is 3.29. The van der Waals surface area contributed by atoms with Crippen LogP contribution in [0.5, 0.6) is 0 Å². The zero-order valence-corrected chi connectivity index (χ0v) is 13.7. The van der Waals surface area contributed by atoms with E-state index >= 15 is 0 Å². The Balaban J connectivity index is 3.88. The molecule has 20 heavy (non-hydrogen) atoms. The molecule has 1 unspecified atom stereocenters. The van der Waals surface area contributed by atoms with E-state index in [1.807, 2.05) is 27.7 Å². The third-order valence-electron chi connectivity index (χ3n) is 3.03. The number of carbonyl (C=O) groups is 1. The van der Waals surface area contributed by atoms with Gasteiger partial charge in [-0.2, -0.15) is 0 Å². The highest BCUT2D eigenvalue weighted by atomic mass is 16.5. The predicted octanol–water partition coefficient (Wildman–Crippen LogP) is 2.14. The quantitative estimate of drug-likeness (QED) is 0.440. The monoisotopic (exact) mass is 289 g/mol. The second-order valence-corrected chi connectivity index (χ2v) is 5.39. The second-order valence-electron chi connectivity index (χ2n) is 5.39. The lowest BCUT2D eigenvalue weighted by molar-refractivity contribution is -0.148. The summed E-state index contributed by atoms with van der Waals surface area (Å²) in [6.07, 6.45) is 2.59. The Morgan fingerprint density at radius 1 is 1.15 bits per heavy atom. The van der Waals surface area contributed by atoms with Crippen molar-refractivity contribution in [1.82, 2.24) is 5.32 Å². The van der Waals surface area contributed by atoms with Gasteiger partial charge in [-0.25, -0.2) is 0 Å². The van der Waals surface area contributed by atoms with Crippen molar-refractivity contribution in [2.75, 3.05) is 33.5 Å². The average Bonchev–Trinajstić information content (AvgIpc) is 2.40. The van der Waals surface area contributed by atoms with Crippen LogP contribution in [0.15, 0.2) is 0 Å². The van der Waals surface area contributed by atoms with Gasteiger partial charge in [-0.15, -0.1) is 0 Å². The Bertz CT molecular complexity index is 258. The van der Waals surface area contributed by atoms with Crippen LogP contribution in [0.25, 0.3) is 0 Å². The largest absolute Gasteiger partial charge is 0.468 e. The minimum atomic E-state index is -0.617. The molecule has 1 atom stereocenters. The van der Waals surface area contributed by atoms with Crippen LogP contribution in [0.4, 0.5) is 0 Å². The first kappa shape index (κ1) is 19.4. The predicted molar refractivity (Wildman–Crippen MR) is 79.9 cm³/mol. The van der Waals surface area contributed by atoms with Crippen molar-refractivity contribution in [2.45, 2.75) is 58.5 Å². The SMILES string of the molecule is CCOCCOCCCCC(C)(NC(C)C)C(=O)OC. The zero-order valence-electron chi connectivity index (χ0n) is 13.7. The fraction of sp³-hybridized carbons (Fsp3) is 0.933. The van der Waals surface area contributed by atoms with Gasteiger partial charge in [0.1, 0.15) is 5.54 Å². The number of nitrogens with one attached hydrogen (secondary N) is 1. The number of esters is 1. The Morgan fingerprint density at radius 2 is 1.80 bits per heavy atom. The molecule has 0 aromatic carbocycles. The Hall–Kier alpha value is -0.650. The van der Waals surface area contributed by atoms with Gasteiger partial charge in [-0.3, -0.25) is 10.1 Å². The van der Waals surface area contributed by atoms with Crippen molar-refractivity contribution < 1.29 is 19.0 Å². The molecule has 0 aromatic heterocycles. The second kappa shape index (κ2) is 11.1. The molecule has 5 nitrogen and oxygen atoms in total. The number of hydrogen-bond acceptors (Lipinski definition) is 5. The highest BCUT2D eigenvalue weighted by Crippen LogP contribution is 2.17. The van der Waals surface area contributed by atoms with Crippen LogP contribution in [0.1, 0.15) is 47.0 Å². The highest BCUT2D eigenvalue weighted by Gasteiger charge is 2.33. The van der Waals surface area contributed by atoms with Gasteiger partial charge in [0, 0.05) is 19.3 Å². The summed E-state index contributed by atoms with van der Waals surface area (Å²) in [5.41, 5.74) is -0.617. The molecule has 5 heteroatoms. The van der Waals surface area contributed by atoms with Crippen molar-refractivity contribution in [1.29, 1.82) is 0 Å². The first-order chi connectivity index (χ1) is 9.46. The van der Waals surface area contributed by atoms with E-state index in [0.717, 1.165) is 25.9 Å². The van der Waals surface area contributed by atoms with Gasteiger partial charge in [0.15, 0.2) is 0 Å². The molecule has 0 amide bonds. The highest BCUT2D eigenvalue weighted by molar-refractivity contribution is 5.80. The van der Waals surface area contributed by atoms with E-state index in [1.165, 1.54) is 7.11 Å². The number of rotatable bonds is 12. The summed E-state index contributed by atoms with van der Waals surface area (Å²) in [6, 6.07) is 0.238. The number of carbonyl (C=O) groups excluding carboxylic acids is 1. The summed E-state index contributed by atoms with van der Waals surface area (Å²) >= 11 is 0. The van der Waals surface area contributed by atoms with E-state index in [1.54, 1.807) is 0 Å². The van der Waals surface area contributed by atoms with Crippen molar-refractivity contribution in [3.8, 4) is 0 Å². The Morgan fingerprint density at radius 3 is 2.35 bits per heavy atom. The molecule has 0 aliphatic rings. The first-order valence-electron chi connectivity index (χ1n) is 7.48. The van der Waals surface area contributed by atoms with Crippen LogP contribution in [0.2, 0.25) is 0 Å². The molecule has 0 radical (unpaired) electrons. The standard InChI is InChI=1S/C15H31NO4/c1-6-19-11-12-20-10-8-7-9-15(4,14(17)18-5)16-13(2)3/h13,16H,6-12H2,1-5H3. The van der Waals surface area contributed by atoms with E-state index in [-0.39, 0.29) is 12.0 Å². The lowest BCUT2D eigenvalue weighted by Gasteiger charge is -2.30. The molecule has 0 aliphatic heterocycles. The van der Waals surface area contributed by atoms with Crippen LogP contribution in [-0.4, -0.2) is 51.1 Å². The van der Waals surface area contributed by atoms with E-state index in [4.69, 9.17) is 14.2 Å². The van der Waals surface area contributed by atoms with Crippen LogP contribution < -0.4 is 5.32 Å². The topological polar surface area (TPSA) is 56.8 Å². The van der Waals surface area contributed by atoms with E-state index < -0.39 is 5.54 Å². The smallest absolute Gasteiger partial charge is 0.325 e. The molecular formula is C15H31NO4.